The quantitative estimate of drug-likeness (QED) is 0.612. The van der Waals surface area contributed by atoms with E-state index in [9.17, 15) is 9.59 Å². The fourth-order valence-corrected chi connectivity index (χ4v) is 4.43. The fourth-order valence-electron chi connectivity index (χ4n) is 2.90. The van der Waals surface area contributed by atoms with E-state index in [-0.39, 0.29) is 11.3 Å². The predicted octanol–water partition coefficient (Wildman–Crippen LogP) is 4.89. The number of hydrogen-bond acceptors (Lipinski definition) is 4. The number of thioether (sulfide) groups is 1. The summed E-state index contributed by atoms with van der Waals surface area (Å²) in [5.74, 6) is 0.338. The second-order valence-corrected chi connectivity index (χ2v) is 9.01. The van der Waals surface area contributed by atoms with Gasteiger partial charge in [-0.3, -0.25) is 9.69 Å². The van der Waals surface area contributed by atoms with E-state index in [1.807, 2.05) is 32.9 Å². The number of carbonyl (C=O) groups excluding carboxylic acids is 2. The van der Waals surface area contributed by atoms with Crippen LogP contribution in [0.25, 0.3) is 0 Å². The van der Waals surface area contributed by atoms with Gasteiger partial charge in [0.25, 0.3) is 0 Å². The van der Waals surface area contributed by atoms with Crippen molar-refractivity contribution in [3.63, 3.8) is 0 Å². The predicted molar refractivity (Wildman–Crippen MR) is 115 cm³/mol. The van der Waals surface area contributed by atoms with Crippen molar-refractivity contribution in [1.82, 2.24) is 9.80 Å². The monoisotopic (exact) mass is 422 g/mol. The third-order valence-electron chi connectivity index (χ3n) is 4.06. The van der Waals surface area contributed by atoms with Gasteiger partial charge in [0.2, 0.25) is 5.91 Å². The Bertz CT molecular complexity index is 720. The zero-order valence-electron chi connectivity index (χ0n) is 16.6. The summed E-state index contributed by atoms with van der Waals surface area (Å²) < 4.78 is 5.61. The van der Waals surface area contributed by atoms with Gasteiger partial charge in [0, 0.05) is 23.9 Å². The van der Waals surface area contributed by atoms with Crippen LogP contribution in [0.4, 0.5) is 4.79 Å². The van der Waals surface area contributed by atoms with Gasteiger partial charge in [0.15, 0.2) is 0 Å². The minimum Gasteiger partial charge on any atom is -0.444 e. The minimum absolute atomic E-state index is 0.144. The Hall–Kier alpha value is -1.92. The summed E-state index contributed by atoms with van der Waals surface area (Å²) in [5, 5.41) is 0.293. The minimum atomic E-state index is -0.662. The molecule has 7 heteroatoms. The van der Waals surface area contributed by atoms with E-state index in [0.717, 1.165) is 5.56 Å². The average molecular weight is 423 g/mol. The largest absolute Gasteiger partial charge is 0.444 e. The lowest BCUT2D eigenvalue weighted by Gasteiger charge is -2.33. The van der Waals surface area contributed by atoms with Crippen molar-refractivity contribution in [3.8, 4) is 0 Å². The second kappa shape index (κ2) is 9.52. The lowest BCUT2D eigenvalue weighted by Crippen LogP contribution is -2.50. The lowest BCUT2D eigenvalue weighted by molar-refractivity contribution is -0.135. The highest BCUT2D eigenvalue weighted by molar-refractivity contribution is 7.99. The molecule has 0 N–H and O–H groups in total. The Morgan fingerprint density at radius 1 is 1.25 bits per heavy atom. The Balaban J connectivity index is 2.36. The fraction of sp³-hybridized carbons (Fsp3) is 0.429. The Labute approximate surface area is 176 Å². The number of amides is 2. The molecule has 1 fully saturated rings. The normalized spacial score (nSPS) is 19.2. The molecule has 0 radical (unpaired) electrons. The molecule has 0 spiro atoms. The van der Waals surface area contributed by atoms with Gasteiger partial charge in [0.1, 0.15) is 17.0 Å². The molecule has 28 heavy (non-hydrogen) atoms. The van der Waals surface area contributed by atoms with Gasteiger partial charge in [-0.05, 0) is 38.5 Å². The molecule has 1 aromatic rings. The van der Waals surface area contributed by atoms with Gasteiger partial charge < -0.3 is 9.64 Å². The molecule has 0 aliphatic carbocycles. The van der Waals surface area contributed by atoms with E-state index in [4.69, 9.17) is 16.3 Å². The zero-order valence-corrected chi connectivity index (χ0v) is 18.1. The molecule has 0 aromatic heterocycles. The molecule has 0 unspecified atom stereocenters. The van der Waals surface area contributed by atoms with Gasteiger partial charge in [-0.15, -0.1) is 24.9 Å². The molecule has 152 valence electrons. The van der Waals surface area contributed by atoms with Crippen molar-refractivity contribution in [2.45, 2.75) is 37.8 Å². The first-order chi connectivity index (χ1) is 13.2. The second-order valence-electron chi connectivity index (χ2n) is 7.46. The number of ether oxygens (including phenoxy) is 1. The molecule has 1 saturated heterocycles. The third-order valence-corrected chi connectivity index (χ3v) is 5.63. The maximum absolute atomic E-state index is 13.2. The van der Waals surface area contributed by atoms with Crippen molar-refractivity contribution < 1.29 is 14.3 Å². The molecule has 2 atom stereocenters. The molecular weight excluding hydrogens is 396 g/mol. The molecule has 0 bridgehead atoms. The van der Waals surface area contributed by atoms with E-state index >= 15 is 0 Å². The first-order valence-electron chi connectivity index (χ1n) is 9.07. The topological polar surface area (TPSA) is 49.9 Å². The molecule has 1 aliphatic rings. The SMILES string of the molecule is C=CCN(CC=C)C(=O)[C@@H]1CS[C@H](c2ccc(Cl)cc2)N1C(=O)OC(C)(C)C. The highest BCUT2D eigenvalue weighted by atomic mass is 35.5. The molecule has 5 nitrogen and oxygen atoms in total. The highest BCUT2D eigenvalue weighted by Crippen LogP contribution is 2.43. The Kier molecular flexibility index (Phi) is 7.61. The van der Waals surface area contributed by atoms with E-state index < -0.39 is 17.7 Å². The van der Waals surface area contributed by atoms with Crippen molar-refractivity contribution in [2.24, 2.45) is 0 Å². The van der Waals surface area contributed by atoms with Crippen LogP contribution in [-0.2, 0) is 9.53 Å². The summed E-state index contributed by atoms with van der Waals surface area (Å²) >= 11 is 7.54. The molecule has 2 rings (SSSR count). The summed E-state index contributed by atoms with van der Waals surface area (Å²) in [5.41, 5.74) is 0.235. The Morgan fingerprint density at radius 2 is 1.82 bits per heavy atom. The average Bonchev–Trinajstić information content (AvgIpc) is 3.05. The van der Waals surface area contributed by atoms with Crippen LogP contribution in [0, 0.1) is 0 Å². The van der Waals surface area contributed by atoms with E-state index in [1.54, 1.807) is 34.1 Å². The van der Waals surface area contributed by atoms with Crippen LogP contribution in [0.2, 0.25) is 5.02 Å². The first kappa shape index (κ1) is 22.4. The lowest BCUT2D eigenvalue weighted by atomic mass is 10.1. The third kappa shape index (κ3) is 5.55. The van der Waals surface area contributed by atoms with Gasteiger partial charge >= 0.3 is 6.09 Å². The number of halogens is 1. The van der Waals surface area contributed by atoms with E-state index in [2.05, 4.69) is 13.2 Å². The van der Waals surface area contributed by atoms with Crippen LogP contribution in [0.5, 0.6) is 0 Å². The Morgan fingerprint density at radius 3 is 2.32 bits per heavy atom. The van der Waals surface area contributed by atoms with Crippen LogP contribution in [-0.4, -0.2) is 52.3 Å². The first-order valence-corrected chi connectivity index (χ1v) is 10.5. The van der Waals surface area contributed by atoms with Crippen molar-refractivity contribution >= 4 is 35.4 Å². The van der Waals surface area contributed by atoms with Crippen LogP contribution >= 0.6 is 23.4 Å². The van der Waals surface area contributed by atoms with Crippen molar-refractivity contribution in [1.29, 1.82) is 0 Å². The highest BCUT2D eigenvalue weighted by Gasteiger charge is 2.45. The van der Waals surface area contributed by atoms with Gasteiger partial charge in [0.05, 0.1) is 0 Å². The van der Waals surface area contributed by atoms with E-state index in [0.29, 0.717) is 23.9 Å². The van der Waals surface area contributed by atoms with Crippen molar-refractivity contribution in [2.75, 3.05) is 18.8 Å². The molecular formula is C21H27ClN2O3S. The van der Waals surface area contributed by atoms with Crippen LogP contribution in [0.15, 0.2) is 49.6 Å². The van der Waals surface area contributed by atoms with Crippen LogP contribution in [0.3, 0.4) is 0 Å². The summed E-state index contributed by atoms with van der Waals surface area (Å²) in [6.07, 6.45) is 2.82. The summed E-state index contributed by atoms with van der Waals surface area (Å²) in [6, 6.07) is 6.68. The maximum atomic E-state index is 13.2. The zero-order chi connectivity index (χ0) is 20.9. The standard InChI is InChI=1S/C21H27ClN2O3S/c1-6-12-23(13-7-2)18(25)17-14-28-19(15-8-10-16(22)11-9-15)24(17)20(26)27-21(3,4)5/h6-11,17,19H,1-2,12-14H2,3-5H3/t17-,19+/m0/s1. The number of carbonyl (C=O) groups is 2. The summed E-state index contributed by atoms with van der Waals surface area (Å²) in [6.45, 7) is 13.6. The van der Waals surface area contributed by atoms with Gasteiger partial charge in [-0.2, -0.15) is 0 Å². The molecule has 1 heterocycles. The van der Waals surface area contributed by atoms with Crippen LogP contribution in [0.1, 0.15) is 31.7 Å². The number of rotatable bonds is 6. The number of nitrogens with zero attached hydrogens (tertiary/aromatic N) is 2. The molecule has 2 amide bonds. The number of hydrogen-bond donors (Lipinski definition) is 0. The van der Waals surface area contributed by atoms with E-state index in [1.165, 1.54) is 11.8 Å². The van der Waals surface area contributed by atoms with Crippen molar-refractivity contribution in [3.05, 3.63) is 60.2 Å². The van der Waals surface area contributed by atoms with Crippen LogP contribution < -0.4 is 0 Å². The molecule has 0 saturated carbocycles. The molecule has 1 aromatic carbocycles. The summed E-state index contributed by atoms with van der Waals surface area (Å²) in [4.78, 5) is 29.4. The maximum Gasteiger partial charge on any atom is 0.412 e. The summed E-state index contributed by atoms with van der Waals surface area (Å²) in [7, 11) is 0. The smallest absolute Gasteiger partial charge is 0.412 e. The van der Waals surface area contributed by atoms with Gasteiger partial charge in [-0.25, -0.2) is 4.79 Å². The molecule has 1 aliphatic heterocycles. The van der Waals surface area contributed by atoms with Gasteiger partial charge in [-0.1, -0.05) is 35.9 Å². The number of benzene rings is 1.